The normalized spacial score (nSPS) is 13.5. The van der Waals surface area contributed by atoms with Crippen LogP contribution in [0.1, 0.15) is 194 Å². The Morgan fingerprint density at radius 1 is 0.545 bits per heavy atom. The van der Waals surface area contributed by atoms with E-state index in [-0.39, 0.29) is 12.5 Å². The van der Waals surface area contributed by atoms with E-state index in [1.54, 1.807) is 6.08 Å². The van der Waals surface area contributed by atoms with Gasteiger partial charge < -0.3 is 15.5 Å². The lowest BCUT2D eigenvalue weighted by Crippen LogP contribution is -2.45. The van der Waals surface area contributed by atoms with Gasteiger partial charge in [0.25, 0.3) is 0 Å². The summed E-state index contributed by atoms with van der Waals surface area (Å²) in [6.07, 6.45) is 46.7. The summed E-state index contributed by atoms with van der Waals surface area (Å²) in [7, 11) is 0. The van der Waals surface area contributed by atoms with Crippen molar-refractivity contribution in [3.63, 3.8) is 0 Å². The first-order chi connectivity index (χ1) is 21.7. The van der Waals surface area contributed by atoms with Crippen molar-refractivity contribution in [3.8, 4) is 0 Å². The monoisotopic (exact) mass is 618 g/mol. The second-order valence-electron chi connectivity index (χ2n) is 13.0. The van der Waals surface area contributed by atoms with Crippen LogP contribution in [0.25, 0.3) is 0 Å². The van der Waals surface area contributed by atoms with Crippen molar-refractivity contribution < 1.29 is 15.0 Å². The molecule has 0 aliphatic rings. The summed E-state index contributed by atoms with van der Waals surface area (Å²) in [5.74, 6) is -0.0700. The van der Waals surface area contributed by atoms with Gasteiger partial charge in [-0.2, -0.15) is 0 Å². The van der Waals surface area contributed by atoms with Crippen molar-refractivity contribution in [2.45, 2.75) is 206 Å². The Balaban J connectivity index is 3.54. The lowest BCUT2D eigenvalue weighted by atomic mass is 10.0. The van der Waals surface area contributed by atoms with E-state index < -0.39 is 12.1 Å². The number of aliphatic hydroxyl groups is 2. The van der Waals surface area contributed by atoms with Crippen molar-refractivity contribution in [3.05, 3.63) is 36.5 Å². The van der Waals surface area contributed by atoms with Crippen LogP contribution in [0.3, 0.4) is 0 Å². The van der Waals surface area contributed by atoms with Crippen LogP contribution < -0.4 is 5.32 Å². The SMILES string of the molecule is CCCCCCC/C=C\C/C=C\CCCCCCCCCCCCCC(=O)NC(CO)C(O)/C=C/CCCCCCCCC. The Kier molecular flexibility index (Phi) is 34.9. The van der Waals surface area contributed by atoms with Gasteiger partial charge in [0, 0.05) is 6.42 Å². The average Bonchev–Trinajstić information content (AvgIpc) is 3.03. The molecule has 0 fully saturated rings. The standard InChI is InChI=1S/C40H75NO3/c1-3-5-7-9-11-13-14-15-16-17-18-19-20-21-22-23-24-25-26-28-30-32-34-36-40(44)41-38(37-42)39(43)35-33-31-29-27-12-10-8-6-4-2/h14-15,17-18,33,35,38-39,42-43H,3-13,16,19-32,34,36-37H2,1-2H3,(H,41,44)/b15-14-,18-17-,35-33+. The molecule has 44 heavy (non-hydrogen) atoms. The maximum Gasteiger partial charge on any atom is 0.220 e. The number of allylic oxidation sites excluding steroid dienone is 5. The highest BCUT2D eigenvalue weighted by molar-refractivity contribution is 5.76. The van der Waals surface area contributed by atoms with Gasteiger partial charge in [-0.1, -0.05) is 172 Å². The maximum atomic E-state index is 12.3. The number of aliphatic hydroxyl groups excluding tert-OH is 2. The quantitative estimate of drug-likeness (QED) is 0.0497. The molecule has 4 heteroatoms. The average molecular weight is 618 g/mol. The summed E-state index contributed by atoms with van der Waals surface area (Å²) in [5.41, 5.74) is 0. The summed E-state index contributed by atoms with van der Waals surface area (Å²) in [6.45, 7) is 4.26. The molecule has 0 spiro atoms. The summed E-state index contributed by atoms with van der Waals surface area (Å²) in [4.78, 5) is 12.3. The van der Waals surface area contributed by atoms with Crippen LogP contribution in [-0.2, 0) is 4.79 Å². The minimum atomic E-state index is -0.836. The minimum Gasteiger partial charge on any atom is -0.394 e. The van der Waals surface area contributed by atoms with Crippen molar-refractivity contribution in [2.75, 3.05) is 6.61 Å². The molecule has 0 heterocycles. The molecule has 2 unspecified atom stereocenters. The third-order valence-corrected chi connectivity index (χ3v) is 8.62. The van der Waals surface area contributed by atoms with Gasteiger partial charge in [-0.25, -0.2) is 0 Å². The van der Waals surface area contributed by atoms with E-state index in [1.165, 1.54) is 141 Å². The number of unbranched alkanes of at least 4 members (excludes halogenated alkanes) is 23. The molecule has 0 rings (SSSR count). The van der Waals surface area contributed by atoms with Crippen LogP contribution in [0.5, 0.6) is 0 Å². The molecule has 0 aromatic carbocycles. The first kappa shape index (κ1) is 42.6. The zero-order valence-corrected chi connectivity index (χ0v) is 29.4. The van der Waals surface area contributed by atoms with Gasteiger partial charge in [0.05, 0.1) is 18.8 Å². The van der Waals surface area contributed by atoms with Gasteiger partial charge in [0.2, 0.25) is 5.91 Å². The van der Waals surface area contributed by atoms with Gasteiger partial charge in [0.15, 0.2) is 0 Å². The summed E-state index contributed by atoms with van der Waals surface area (Å²) < 4.78 is 0. The summed E-state index contributed by atoms with van der Waals surface area (Å²) in [5, 5.41) is 22.8. The van der Waals surface area contributed by atoms with Crippen molar-refractivity contribution >= 4 is 5.91 Å². The van der Waals surface area contributed by atoms with Crippen LogP contribution in [0, 0.1) is 0 Å². The zero-order valence-electron chi connectivity index (χ0n) is 29.4. The highest BCUT2D eigenvalue weighted by Crippen LogP contribution is 2.13. The van der Waals surface area contributed by atoms with Gasteiger partial charge in [0.1, 0.15) is 0 Å². The molecule has 0 radical (unpaired) electrons. The molecule has 1 amide bonds. The molecular weight excluding hydrogens is 542 g/mol. The predicted octanol–water partition coefficient (Wildman–Crippen LogP) is 11.5. The Labute approximate surface area is 274 Å². The van der Waals surface area contributed by atoms with Gasteiger partial charge in [-0.05, 0) is 51.4 Å². The van der Waals surface area contributed by atoms with E-state index in [1.807, 2.05) is 6.08 Å². The molecule has 4 nitrogen and oxygen atoms in total. The number of nitrogens with one attached hydrogen (secondary N) is 1. The predicted molar refractivity (Wildman–Crippen MR) is 193 cm³/mol. The summed E-state index contributed by atoms with van der Waals surface area (Å²) >= 11 is 0. The lowest BCUT2D eigenvalue weighted by molar-refractivity contribution is -0.123. The van der Waals surface area contributed by atoms with Crippen LogP contribution in [0.2, 0.25) is 0 Å². The van der Waals surface area contributed by atoms with Gasteiger partial charge >= 0.3 is 0 Å². The van der Waals surface area contributed by atoms with E-state index in [0.717, 1.165) is 32.1 Å². The Hall–Kier alpha value is -1.39. The molecule has 0 aromatic rings. The molecule has 0 aliphatic carbocycles. The van der Waals surface area contributed by atoms with Crippen LogP contribution in [0.15, 0.2) is 36.5 Å². The molecule has 0 saturated heterocycles. The Morgan fingerprint density at radius 2 is 0.932 bits per heavy atom. The van der Waals surface area contributed by atoms with E-state index in [0.29, 0.717) is 6.42 Å². The largest absolute Gasteiger partial charge is 0.394 e. The molecule has 0 aliphatic heterocycles. The van der Waals surface area contributed by atoms with E-state index in [9.17, 15) is 15.0 Å². The smallest absolute Gasteiger partial charge is 0.220 e. The molecular formula is C40H75NO3. The zero-order chi connectivity index (χ0) is 32.2. The number of carbonyl (C=O) groups is 1. The minimum absolute atomic E-state index is 0.0700. The van der Waals surface area contributed by atoms with Crippen molar-refractivity contribution in [2.24, 2.45) is 0 Å². The fourth-order valence-electron chi connectivity index (χ4n) is 5.62. The van der Waals surface area contributed by atoms with Gasteiger partial charge in [-0.15, -0.1) is 0 Å². The number of carbonyl (C=O) groups excluding carboxylic acids is 1. The number of hydrogen-bond acceptors (Lipinski definition) is 3. The fraction of sp³-hybridized carbons (Fsp3) is 0.825. The number of hydrogen-bond donors (Lipinski definition) is 3. The van der Waals surface area contributed by atoms with Crippen LogP contribution in [-0.4, -0.2) is 34.9 Å². The Bertz CT molecular complexity index is 672. The van der Waals surface area contributed by atoms with Crippen LogP contribution >= 0.6 is 0 Å². The molecule has 0 aromatic heterocycles. The van der Waals surface area contributed by atoms with E-state index >= 15 is 0 Å². The number of rotatable bonds is 34. The molecule has 2 atom stereocenters. The second-order valence-corrected chi connectivity index (χ2v) is 13.0. The second kappa shape index (κ2) is 36.1. The third kappa shape index (κ3) is 32.0. The highest BCUT2D eigenvalue weighted by Gasteiger charge is 2.17. The van der Waals surface area contributed by atoms with Crippen LogP contribution in [0.4, 0.5) is 0 Å². The maximum absolute atomic E-state index is 12.3. The van der Waals surface area contributed by atoms with E-state index in [2.05, 4.69) is 43.5 Å². The molecule has 0 bridgehead atoms. The fourth-order valence-corrected chi connectivity index (χ4v) is 5.62. The lowest BCUT2D eigenvalue weighted by Gasteiger charge is -2.20. The highest BCUT2D eigenvalue weighted by atomic mass is 16.3. The molecule has 3 N–H and O–H groups in total. The van der Waals surface area contributed by atoms with Gasteiger partial charge in [-0.3, -0.25) is 4.79 Å². The van der Waals surface area contributed by atoms with Crippen molar-refractivity contribution in [1.29, 1.82) is 0 Å². The number of amides is 1. The molecule has 258 valence electrons. The Morgan fingerprint density at radius 3 is 1.36 bits per heavy atom. The first-order valence-electron chi connectivity index (χ1n) is 19.2. The topological polar surface area (TPSA) is 69.6 Å². The van der Waals surface area contributed by atoms with Crippen molar-refractivity contribution in [1.82, 2.24) is 5.32 Å². The first-order valence-corrected chi connectivity index (χ1v) is 19.2. The third-order valence-electron chi connectivity index (χ3n) is 8.62. The van der Waals surface area contributed by atoms with E-state index in [4.69, 9.17) is 0 Å². The summed E-state index contributed by atoms with van der Waals surface area (Å²) in [6, 6.07) is -0.619. The molecule has 0 saturated carbocycles.